The molecule has 0 spiro atoms. The minimum absolute atomic E-state index is 0.0114. The summed E-state index contributed by atoms with van der Waals surface area (Å²) in [4.78, 5) is 14.1. The van der Waals surface area contributed by atoms with Crippen molar-refractivity contribution in [3.05, 3.63) is 58.3 Å². The Morgan fingerprint density at radius 3 is 2.53 bits per heavy atom. The third-order valence-electron chi connectivity index (χ3n) is 2.80. The second-order valence-corrected chi connectivity index (χ2v) is 4.53. The molecule has 0 radical (unpaired) electrons. The van der Waals surface area contributed by atoms with Gasteiger partial charge in [0.25, 0.3) is 5.69 Å². The first-order valence-electron chi connectivity index (χ1n) is 6.04. The van der Waals surface area contributed by atoms with Crippen LogP contribution < -0.4 is 5.32 Å². The van der Waals surface area contributed by atoms with Crippen LogP contribution in [0.15, 0.2) is 42.6 Å². The molecule has 0 amide bonds. The van der Waals surface area contributed by atoms with E-state index in [0.717, 1.165) is 5.69 Å². The maximum absolute atomic E-state index is 10.6. The highest BCUT2D eigenvalue weighted by molar-refractivity contribution is 5.61. The van der Waals surface area contributed by atoms with Gasteiger partial charge < -0.3 is 5.32 Å². The molecule has 0 unspecified atom stereocenters. The number of benzene rings is 1. The highest BCUT2D eigenvalue weighted by Gasteiger charge is 2.08. The quantitative estimate of drug-likeness (QED) is 0.667. The van der Waals surface area contributed by atoms with Crippen LogP contribution in [0.2, 0.25) is 0 Å². The van der Waals surface area contributed by atoms with E-state index in [9.17, 15) is 10.1 Å². The summed E-state index contributed by atoms with van der Waals surface area (Å²) in [5.74, 6) is 0.987. The lowest BCUT2D eigenvalue weighted by molar-refractivity contribution is -0.385. The molecule has 1 aromatic carbocycles. The third kappa shape index (κ3) is 3.07. The molecule has 0 aliphatic heterocycles. The molecule has 0 aliphatic carbocycles. The summed E-state index contributed by atoms with van der Waals surface area (Å²) in [6.45, 7) is 4.23. The number of anilines is 2. The van der Waals surface area contributed by atoms with Crippen molar-refractivity contribution in [3.8, 4) is 0 Å². The van der Waals surface area contributed by atoms with Crippen molar-refractivity contribution in [2.24, 2.45) is 0 Å². The van der Waals surface area contributed by atoms with Gasteiger partial charge in [-0.2, -0.15) is 0 Å². The maximum Gasteiger partial charge on any atom is 0.287 e. The summed E-state index contributed by atoms with van der Waals surface area (Å²) in [6.07, 6.45) is 1.25. The number of nitrogens with zero attached hydrogens (tertiary/aromatic N) is 2. The monoisotopic (exact) mass is 257 g/mol. The first kappa shape index (κ1) is 13.0. The Morgan fingerprint density at radius 2 is 1.95 bits per heavy atom. The lowest BCUT2D eigenvalue weighted by Crippen LogP contribution is -1.99. The summed E-state index contributed by atoms with van der Waals surface area (Å²) in [6, 6.07) is 11.0. The second-order valence-electron chi connectivity index (χ2n) is 4.53. The van der Waals surface area contributed by atoms with Gasteiger partial charge in [-0.25, -0.2) is 4.98 Å². The molecule has 0 fully saturated rings. The van der Waals surface area contributed by atoms with Gasteiger partial charge in [-0.15, -0.1) is 0 Å². The van der Waals surface area contributed by atoms with Gasteiger partial charge in [0.2, 0.25) is 0 Å². The van der Waals surface area contributed by atoms with E-state index in [2.05, 4.69) is 30.2 Å². The van der Waals surface area contributed by atoms with Gasteiger partial charge >= 0.3 is 0 Å². The zero-order chi connectivity index (χ0) is 13.8. The molecular formula is C14H15N3O2. The highest BCUT2D eigenvalue weighted by atomic mass is 16.6. The Morgan fingerprint density at radius 1 is 1.21 bits per heavy atom. The standard InChI is InChI=1S/C14H15N3O2/c1-10(2)12-5-3-4-6-13(12)16-14-8-7-11(9-15-14)17(18)19/h3-10H,1-2H3,(H,15,16). The summed E-state index contributed by atoms with van der Waals surface area (Å²) < 4.78 is 0. The SMILES string of the molecule is CC(C)c1ccccc1Nc1ccc([N+](=O)[O-])cn1. The molecule has 0 aliphatic rings. The van der Waals surface area contributed by atoms with Gasteiger partial charge in [0.05, 0.1) is 4.92 Å². The average molecular weight is 257 g/mol. The Hall–Kier alpha value is -2.43. The van der Waals surface area contributed by atoms with Crippen LogP contribution in [0, 0.1) is 10.1 Å². The Balaban J connectivity index is 2.24. The molecular weight excluding hydrogens is 242 g/mol. The largest absolute Gasteiger partial charge is 0.340 e. The zero-order valence-electron chi connectivity index (χ0n) is 10.8. The molecule has 0 atom stereocenters. The van der Waals surface area contributed by atoms with Gasteiger partial charge in [0.1, 0.15) is 12.0 Å². The number of para-hydroxylation sites is 1. The van der Waals surface area contributed by atoms with Crippen LogP contribution in [-0.2, 0) is 0 Å². The summed E-state index contributed by atoms with van der Waals surface area (Å²) in [5, 5.41) is 13.7. The van der Waals surface area contributed by atoms with Gasteiger partial charge in [0, 0.05) is 11.8 Å². The van der Waals surface area contributed by atoms with Crippen molar-refractivity contribution in [1.82, 2.24) is 4.98 Å². The van der Waals surface area contributed by atoms with Gasteiger partial charge in [0.15, 0.2) is 0 Å². The van der Waals surface area contributed by atoms with Crippen molar-refractivity contribution in [2.45, 2.75) is 19.8 Å². The van der Waals surface area contributed by atoms with E-state index in [1.807, 2.05) is 18.2 Å². The lowest BCUT2D eigenvalue weighted by Gasteiger charge is -2.13. The molecule has 98 valence electrons. The van der Waals surface area contributed by atoms with Crippen molar-refractivity contribution >= 4 is 17.2 Å². The van der Waals surface area contributed by atoms with Crippen LogP contribution in [0.25, 0.3) is 0 Å². The first-order valence-corrected chi connectivity index (χ1v) is 6.04. The van der Waals surface area contributed by atoms with E-state index >= 15 is 0 Å². The molecule has 19 heavy (non-hydrogen) atoms. The van der Waals surface area contributed by atoms with Crippen LogP contribution in [0.5, 0.6) is 0 Å². The molecule has 1 aromatic heterocycles. The van der Waals surface area contributed by atoms with Gasteiger partial charge in [-0.1, -0.05) is 32.0 Å². The summed E-state index contributed by atoms with van der Waals surface area (Å²) in [7, 11) is 0. The van der Waals surface area contributed by atoms with E-state index in [1.54, 1.807) is 6.07 Å². The van der Waals surface area contributed by atoms with E-state index in [1.165, 1.54) is 17.8 Å². The Bertz CT molecular complexity index is 579. The molecule has 1 N–H and O–H groups in total. The molecule has 2 rings (SSSR count). The fraction of sp³-hybridized carbons (Fsp3) is 0.214. The minimum atomic E-state index is -0.459. The number of hydrogen-bond acceptors (Lipinski definition) is 4. The number of hydrogen-bond donors (Lipinski definition) is 1. The maximum atomic E-state index is 10.6. The smallest absolute Gasteiger partial charge is 0.287 e. The molecule has 1 heterocycles. The van der Waals surface area contributed by atoms with Crippen LogP contribution in [0.4, 0.5) is 17.2 Å². The Labute approximate surface area is 111 Å². The normalized spacial score (nSPS) is 10.5. The van der Waals surface area contributed by atoms with Crippen molar-refractivity contribution in [1.29, 1.82) is 0 Å². The number of nitro groups is 1. The van der Waals surface area contributed by atoms with E-state index in [-0.39, 0.29) is 5.69 Å². The number of pyridine rings is 1. The molecule has 5 heteroatoms. The number of aromatic nitrogens is 1. The van der Waals surface area contributed by atoms with E-state index in [0.29, 0.717) is 11.7 Å². The predicted octanol–water partition coefficient (Wildman–Crippen LogP) is 3.86. The predicted molar refractivity (Wildman–Crippen MR) is 74.7 cm³/mol. The van der Waals surface area contributed by atoms with Crippen molar-refractivity contribution in [3.63, 3.8) is 0 Å². The Kier molecular flexibility index (Phi) is 3.75. The first-order chi connectivity index (χ1) is 9.08. The van der Waals surface area contributed by atoms with Crippen molar-refractivity contribution in [2.75, 3.05) is 5.32 Å². The van der Waals surface area contributed by atoms with E-state index < -0.39 is 4.92 Å². The zero-order valence-corrected chi connectivity index (χ0v) is 10.8. The van der Waals surface area contributed by atoms with E-state index in [4.69, 9.17) is 0 Å². The van der Waals surface area contributed by atoms with Crippen molar-refractivity contribution < 1.29 is 4.92 Å². The molecule has 0 bridgehead atoms. The van der Waals surface area contributed by atoms with Crippen LogP contribution in [0.3, 0.4) is 0 Å². The molecule has 0 saturated heterocycles. The van der Waals surface area contributed by atoms with Crippen LogP contribution in [0.1, 0.15) is 25.3 Å². The van der Waals surface area contributed by atoms with Gasteiger partial charge in [-0.3, -0.25) is 10.1 Å². The minimum Gasteiger partial charge on any atom is -0.340 e. The van der Waals surface area contributed by atoms with Crippen LogP contribution >= 0.6 is 0 Å². The summed E-state index contributed by atoms with van der Waals surface area (Å²) >= 11 is 0. The highest BCUT2D eigenvalue weighted by Crippen LogP contribution is 2.26. The fourth-order valence-electron chi connectivity index (χ4n) is 1.82. The average Bonchev–Trinajstić information content (AvgIpc) is 2.39. The molecule has 2 aromatic rings. The number of rotatable bonds is 4. The van der Waals surface area contributed by atoms with Gasteiger partial charge in [-0.05, 0) is 23.6 Å². The topological polar surface area (TPSA) is 68.1 Å². The van der Waals surface area contributed by atoms with Crippen LogP contribution in [-0.4, -0.2) is 9.91 Å². The number of nitrogens with one attached hydrogen (secondary N) is 1. The molecule has 5 nitrogen and oxygen atoms in total. The molecule has 0 saturated carbocycles. The fourth-order valence-corrected chi connectivity index (χ4v) is 1.82. The second kappa shape index (κ2) is 5.48. The summed E-state index contributed by atoms with van der Waals surface area (Å²) in [5.41, 5.74) is 2.14. The third-order valence-corrected chi connectivity index (χ3v) is 2.80. The lowest BCUT2D eigenvalue weighted by atomic mass is 10.0.